The van der Waals surface area contributed by atoms with Crippen molar-refractivity contribution in [1.29, 1.82) is 0 Å². The van der Waals surface area contributed by atoms with Crippen molar-refractivity contribution in [3.63, 3.8) is 0 Å². The van der Waals surface area contributed by atoms with Crippen LogP contribution in [0, 0.1) is 0 Å². The van der Waals surface area contributed by atoms with Crippen molar-refractivity contribution < 1.29 is 32.4 Å². The van der Waals surface area contributed by atoms with Gasteiger partial charge in [-0.3, -0.25) is 19.2 Å². The van der Waals surface area contributed by atoms with Crippen LogP contribution in [0.4, 0.5) is 4.79 Å². The maximum atomic E-state index is 12.8. The summed E-state index contributed by atoms with van der Waals surface area (Å²) in [5, 5.41) is 9.83. The first-order valence-electron chi connectivity index (χ1n) is 12.8. The maximum absolute atomic E-state index is 12.8. The van der Waals surface area contributed by atoms with E-state index < -0.39 is 62.7 Å². The molecule has 0 aromatic carbocycles. The fourth-order valence-electron chi connectivity index (χ4n) is 5.48. The van der Waals surface area contributed by atoms with E-state index in [1.165, 1.54) is 4.90 Å². The van der Waals surface area contributed by atoms with Gasteiger partial charge in [0.05, 0.1) is 29.6 Å². The summed E-state index contributed by atoms with van der Waals surface area (Å²) < 4.78 is 24.6. The van der Waals surface area contributed by atoms with E-state index in [1.54, 1.807) is 0 Å². The topological polar surface area (TPSA) is 171 Å². The van der Waals surface area contributed by atoms with Crippen molar-refractivity contribution in [3.8, 4) is 0 Å². The third kappa shape index (κ3) is 5.98. The minimum atomic E-state index is -3.22. The second kappa shape index (κ2) is 10.7. The van der Waals surface area contributed by atoms with Crippen molar-refractivity contribution in [1.82, 2.24) is 26.2 Å². The minimum Gasteiger partial charge on any atom is -0.347 e. The molecule has 2 saturated heterocycles. The second-order valence-electron chi connectivity index (χ2n) is 10.3. The van der Waals surface area contributed by atoms with Gasteiger partial charge in [0.15, 0.2) is 9.84 Å². The second-order valence-corrected chi connectivity index (χ2v) is 12.6. The molecule has 0 aromatic rings. The zero-order valence-corrected chi connectivity index (χ0v) is 21.2. The first-order chi connectivity index (χ1) is 17.1. The molecular formula is C23H35N5O7S. The quantitative estimate of drug-likeness (QED) is 0.283. The summed E-state index contributed by atoms with van der Waals surface area (Å²) in [6.07, 6.45) is 7.05. The van der Waals surface area contributed by atoms with Gasteiger partial charge in [0.2, 0.25) is 17.6 Å². The Morgan fingerprint density at radius 2 is 1.58 bits per heavy atom. The van der Waals surface area contributed by atoms with Gasteiger partial charge in [-0.1, -0.05) is 19.3 Å². The molecule has 13 heteroatoms. The highest BCUT2D eigenvalue weighted by atomic mass is 32.2. The van der Waals surface area contributed by atoms with Crippen LogP contribution in [0.1, 0.15) is 64.2 Å². The summed E-state index contributed by atoms with van der Waals surface area (Å²) in [6, 6.07) is -1.35. The Morgan fingerprint density at radius 3 is 2.19 bits per heavy atom. The molecule has 0 bridgehead atoms. The fraction of sp³-hybridized carbons (Fsp3) is 0.783. The third-order valence-corrected chi connectivity index (χ3v) is 10.0. The number of rotatable bonds is 9. The predicted octanol–water partition coefficient (Wildman–Crippen LogP) is -0.869. The highest BCUT2D eigenvalue weighted by Crippen LogP contribution is 2.40. The molecule has 2 aliphatic heterocycles. The third-order valence-electron chi connectivity index (χ3n) is 7.69. The first kappa shape index (κ1) is 26.4. The Labute approximate surface area is 210 Å². The molecule has 5 amide bonds. The predicted molar refractivity (Wildman–Crippen MR) is 128 cm³/mol. The van der Waals surface area contributed by atoms with Crippen LogP contribution in [-0.4, -0.2) is 91.1 Å². The Kier molecular flexibility index (Phi) is 7.86. The summed E-state index contributed by atoms with van der Waals surface area (Å²) in [6.45, 7) is -0.449. The number of amides is 5. The van der Waals surface area contributed by atoms with Crippen molar-refractivity contribution in [2.24, 2.45) is 0 Å². The molecule has 200 valence electrons. The van der Waals surface area contributed by atoms with Crippen LogP contribution >= 0.6 is 0 Å². The van der Waals surface area contributed by atoms with E-state index in [1.807, 2.05) is 0 Å². The molecule has 2 atom stereocenters. The largest absolute Gasteiger partial charge is 0.347 e. The lowest BCUT2D eigenvalue weighted by Crippen LogP contribution is -2.65. The molecule has 4 rings (SSSR count). The zero-order valence-electron chi connectivity index (χ0n) is 20.3. The van der Waals surface area contributed by atoms with Crippen LogP contribution in [0.2, 0.25) is 0 Å². The van der Waals surface area contributed by atoms with Crippen LogP contribution in [0.3, 0.4) is 0 Å². The van der Waals surface area contributed by atoms with Gasteiger partial charge in [-0.2, -0.15) is 0 Å². The average molecular weight is 526 g/mol. The molecule has 0 aromatic heterocycles. The van der Waals surface area contributed by atoms with E-state index in [4.69, 9.17) is 0 Å². The Hall–Kier alpha value is -2.70. The molecule has 2 saturated carbocycles. The van der Waals surface area contributed by atoms with Crippen molar-refractivity contribution in [2.45, 2.75) is 87.1 Å². The van der Waals surface area contributed by atoms with Crippen molar-refractivity contribution >= 4 is 39.4 Å². The average Bonchev–Trinajstić information content (AvgIpc) is 3.51. The molecule has 12 nitrogen and oxygen atoms in total. The molecular weight excluding hydrogens is 490 g/mol. The number of likely N-dealkylation sites (tertiary alicyclic amines) is 1. The van der Waals surface area contributed by atoms with Gasteiger partial charge in [0.25, 0.3) is 5.91 Å². The normalized spacial score (nSPS) is 26.3. The number of Topliss-reactive ketones (excluding diaryl/α,β-unsaturated/α-hetero) is 1. The molecule has 4 fully saturated rings. The van der Waals surface area contributed by atoms with Crippen LogP contribution in [0.25, 0.3) is 0 Å². The van der Waals surface area contributed by atoms with Gasteiger partial charge < -0.3 is 26.2 Å². The van der Waals surface area contributed by atoms with E-state index in [0.29, 0.717) is 38.6 Å². The van der Waals surface area contributed by atoms with Gasteiger partial charge >= 0.3 is 6.03 Å². The van der Waals surface area contributed by atoms with Crippen LogP contribution in [-0.2, 0) is 29.0 Å². The number of nitrogens with one attached hydrogen (secondary N) is 4. The van der Waals surface area contributed by atoms with E-state index >= 15 is 0 Å². The molecule has 0 radical (unpaired) electrons. The Bertz CT molecular complexity index is 1020. The van der Waals surface area contributed by atoms with Crippen molar-refractivity contribution in [2.75, 3.05) is 25.4 Å². The summed E-state index contributed by atoms with van der Waals surface area (Å²) in [7, 11) is -3.22. The molecule has 0 spiro atoms. The lowest BCUT2D eigenvalue weighted by Gasteiger charge is -2.47. The van der Waals surface area contributed by atoms with Gasteiger partial charge in [0.1, 0.15) is 6.04 Å². The van der Waals surface area contributed by atoms with Gasteiger partial charge in [-0.15, -0.1) is 0 Å². The molecule has 2 aliphatic carbocycles. The molecule has 4 aliphatic rings. The number of carbonyl (C=O) groups excluding carboxylic acids is 5. The van der Waals surface area contributed by atoms with Crippen LogP contribution < -0.4 is 21.3 Å². The Balaban J connectivity index is 1.26. The van der Waals surface area contributed by atoms with Crippen molar-refractivity contribution in [3.05, 3.63) is 0 Å². The van der Waals surface area contributed by atoms with E-state index in [-0.39, 0.29) is 18.3 Å². The lowest BCUT2D eigenvalue weighted by atomic mass is 9.78. The van der Waals surface area contributed by atoms with Crippen LogP contribution in [0.5, 0.6) is 0 Å². The van der Waals surface area contributed by atoms with E-state index in [0.717, 1.165) is 32.1 Å². The highest BCUT2D eigenvalue weighted by Gasteiger charge is 2.52. The number of hydrogen-bond acceptors (Lipinski definition) is 7. The highest BCUT2D eigenvalue weighted by molar-refractivity contribution is 7.93. The number of sulfone groups is 1. The van der Waals surface area contributed by atoms with E-state index in [9.17, 15) is 32.4 Å². The van der Waals surface area contributed by atoms with Crippen LogP contribution in [0.15, 0.2) is 0 Å². The lowest BCUT2D eigenvalue weighted by molar-refractivity contribution is -0.140. The number of urea groups is 1. The summed E-state index contributed by atoms with van der Waals surface area (Å²) in [4.78, 5) is 63.1. The monoisotopic (exact) mass is 525 g/mol. The van der Waals surface area contributed by atoms with Gasteiger partial charge in [0, 0.05) is 12.6 Å². The summed E-state index contributed by atoms with van der Waals surface area (Å²) >= 11 is 0. The molecule has 2 unspecified atom stereocenters. The SMILES string of the molecule is O=C(NCC(=O)N1CCCC1C(=O)NCC(=O)C(=O)NC1CC1)NC1(C2CCS2(=O)=O)CCCCC1. The molecule has 4 N–H and O–H groups in total. The molecule has 36 heavy (non-hydrogen) atoms. The Morgan fingerprint density at radius 1 is 0.861 bits per heavy atom. The van der Waals surface area contributed by atoms with E-state index in [2.05, 4.69) is 21.3 Å². The molecule has 2 heterocycles. The number of carbonyl (C=O) groups is 5. The minimum absolute atomic E-state index is 0.0379. The number of nitrogens with zero attached hydrogens (tertiary/aromatic N) is 1. The first-order valence-corrected chi connectivity index (χ1v) is 14.5. The summed E-state index contributed by atoms with van der Waals surface area (Å²) in [5.41, 5.74) is -0.809. The smallest absolute Gasteiger partial charge is 0.315 e. The number of ketones is 1. The van der Waals surface area contributed by atoms with Gasteiger partial charge in [-0.05, 0) is 44.9 Å². The summed E-state index contributed by atoms with van der Waals surface area (Å²) in [5.74, 6) is -2.30. The fourth-order valence-corrected chi connectivity index (χ4v) is 7.32. The number of hydrogen-bond donors (Lipinski definition) is 4. The van der Waals surface area contributed by atoms with Gasteiger partial charge in [-0.25, -0.2) is 13.2 Å². The standard InChI is InChI=1S/C23H35N5O7S/c29-17(21(32)26-15-6-7-15)13-24-20(31)16-5-4-11-28(16)19(30)14-25-22(33)27-23(9-2-1-3-10-23)18-8-12-36(18,34)35/h15-16,18H,1-14H2,(H,24,31)(H,26,32)(H2,25,27,33). The zero-order chi connectivity index (χ0) is 25.9. The maximum Gasteiger partial charge on any atom is 0.315 e.